The highest BCUT2D eigenvalue weighted by Gasteiger charge is 2.26. The summed E-state index contributed by atoms with van der Waals surface area (Å²) in [5.74, 6) is -4.90. The minimum atomic E-state index is -1.82. The van der Waals surface area contributed by atoms with Crippen LogP contribution in [0.4, 0.5) is 8.78 Å². The molecule has 7 heteroatoms. The number of halogens is 3. The molecule has 0 heterocycles. The van der Waals surface area contributed by atoms with Crippen LogP contribution in [0.25, 0.3) is 0 Å². The number of phenols is 1. The van der Waals surface area contributed by atoms with Gasteiger partial charge in [0.1, 0.15) is 11.9 Å². The van der Waals surface area contributed by atoms with Crippen LogP contribution in [0, 0.1) is 11.6 Å². The van der Waals surface area contributed by atoms with E-state index in [0.717, 1.165) is 0 Å². The Balaban J connectivity index is 3.45. The number of nitrogens with two attached hydrogens (primary N) is 1. The molecule has 0 saturated heterocycles. The average Bonchev–Trinajstić information content (AvgIpc) is 2.15. The maximum atomic E-state index is 13.3. The summed E-state index contributed by atoms with van der Waals surface area (Å²) in [7, 11) is 0. The lowest BCUT2D eigenvalue weighted by atomic mass is 10.1. The molecule has 0 aliphatic heterocycles. The fourth-order valence-corrected chi connectivity index (χ4v) is 1.43. The van der Waals surface area contributed by atoms with Gasteiger partial charge in [0.2, 0.25) is 0 Å². The molecule has 1 atom stereocenters. The molecule has 0 bridgehead atoms. The van der Waals surface area contributed by atoms with Crippen LogP contribution in [-0.4, -0.2) is 16.2 Å². The topological polar surface area (TPSA) is 83.6 Å². The third kappa shape index (κ3) is 2.07. The predicted molar refractivity (Wildman–Crippen MR) is 50.3 cm³/mol. The maximum absolute atomic E-state index is 13.3. The van der Waals surface area contributed by atoms with E-state index >= 15 is 0 Å². The molecule has 0 saturated carbocycles. The molecule has 0 radical (unpaired) electrons. The Bertz CT molecular complexity index is 399. The van der Waals surface area contributed by atoms with E-state index in [0.29, 0.717) is 6.07 Å². The summed E-state index contributed by atoms with van der Waals surface area (Å²) in [6.07, 6.45) is 0. The summed E-state index contributed by atoms with van der Waals surface area (Å²) in [6, 6.07) is -1.14. The van der Waals surface area contributed by atoms with Crippen molar-refractivity contribution in [2.24, 2.45) is 5.73 Å². The van der Waals surface area contributed by atoms with Crippen LogP contribution in [0.15, 0.2) is 10.5 Å². The van der Waals surface area contributed by atoms with Crippen molar-refractivity contribution in [1.29, 1.82) is 0 Å². The van der Waals surface area contributed by atoms with E-state index in [2.05, 4.69) is 15.9 Å². The number of aromatic hydroxyl groups is 1. The lowest BCUT2D eigenvalue weighted by Crippen LogP contribution is -2.22. The SMILES string of the molecule is N[C@H](C(=O)O)c1c(O)c(F)cc(Br)c1F. The minimum Gasteiger partial charge on any atom is -0.505 e. The first kappa shape index (κ1) is 11.9. The quantitative estimate of drug-likeness (QED) is 0.718. The van der Waals surface area contributed by atoms with Gasteiger partial charge in [-0.3, -0.25) is 4.79 Å². The Hall–Kier alpha value is -1.21. The van der Waals surface area contributed by atoms with Crippen LogP contribution in [0.3, 0.4) is 0 Å². The van der Waals surface area contributed by atoms with Crippen molar-refractivity contribution in [3.05, 3.63) is 27.7 Å². The van der Waals surface area contributed by atoms with Gasteiger partial charge in [-0.2, -0.15) is 0 Å². The predicted octanol–water partition coefficient (Wildman–Crippen LogP) is 1.52. The van der Waals surface area contributed by atoms with Crippen molar-refractivity contribution in [3.63, 3.8) is 0 Å². The number of hydrogen-bond donors (Lipinski definition) is 3. The molecule has 0 amide bonds. The van der Waals surface area contributed by atoms with Gasteiger partial charge in [0.15, 0.2) is 11.6 Å². The molecule has 0 aromatic heterocycles. The molecule has 4 nitrogen and oxygen atoms in total. The first-order valence-corrected chi connectivity index (χ1v) is 4.50. The zero-order valence-corrected chi connectivity index (χ0v) is 8.75. The van der Waals surface area contributed by atoms with Gasteiger partial charge in [-0.05, 0) is 22.0 Å². The number of rotatable bonds is 2. The van der Waals surface area contributed by atoms with Crippen LogP contribution in [0.2, 0.25) is 0 Å². The molecule has 0 unspecified atom stereocenters. The fraction of sp³-hybridized carbons (Fsp3) is 0.125. The highest BCUT2D eigenvalue weighted by atomic mass is 79.9. The summed E-state index contributed by atoms with van der Waals surface area (Å²) in [5, 5.41) is 17.7. The van der Waals surface area contributed by atoms with Gasteiger partial charge in [-0.25, -0.2) is 8.78 Å². The van der Waals surface area contributed by atoms with Crippen LogP contribution >= 0.6 is 15.9 Å². The van der Waals surface area contributed by atoms with E-state index in [1.165, 1.54) is 0 Å². The third-order valence-electron chi connectivity index (χ3n) is 1.76. The maximum Gasteiger partial charge on any atom is 0.325 e. The number of carboxylic acids is 1. The molecular formula is C8H6BrF2NO3. The van der Waals surface area contributed by atoms with Gasteiger partial charge < -0.3 is 15.9 Å². The van der Waals surface area contributed by atoms with Gasteiger partial charge in [0.05, 0.1) is 10.0 Å². The van der Waals surface area contributed by atoms with Crippen molar-refractivity contribution in [3.8, 4) is 5.75 Å². The van der Waals surface area contributed by atoms with E-state index in [1.54, 1.807) is 0 Å². The summed E-state index contributed by atoms with van der Waals surface area (Å²) in [6.45, 7) is 0. The second-order valence-corrected chi connectivity index (χ2v) is 3.59. The van der Waals surface area contributed by atoms with E-state index in [9.17, 15) is 13.6 Å². The Morgan fingerprint density at radius 1 is 1.53 bits per heavy atom. The fourth-order valence-electron chi connectivity index (χ4n) is 1.01. The summed E-state index contributed by atoms with van der Waals surface area (Å²) < 4.78 is 26.0. The van der Waals surface area contributed by atoms with Gasteiger partial charge in [-0.1, -0.05) is 0 Å². The molecule has 1 aromatic carbocycles. The number of carboxylic acid groups (broad SMARTS) is 1. The van der Waals surface area contributed by atoms with Gasteiger partial charge in [0, 0.05) is 0 Å². The third-order valence-corrected chi connectivity index (χ3v) is 2.34. The zero-order valence-electron chi connectivity index (χ0n) is 7.17. The zero-order chi connectivity index (χ0) is 11.7. The van der Waals surface area contributed by atoms with E-state index in [4.69, 9.17) is 15.9 Å². The molecule has 0 aliphatic carbocycles. The van der Waals surface area contributed by atoms with E-state index in [1.807, 2.05) is 0 Å². The summed E-state index contributed by atoms with van der Waals surface area (Å²) in [5.41, 5.74) is 4.31. The van der Waals surface area contributed by atoms with Crippen molar-refractivity contribution in [2.75, 3.05) is 0 Å². The molecule has 0 spiro atoms. The second kappa shape index (κ2) is 4.11. The molecule has 1 aromatic rings. The van der Waals surface area contributed by atoms with Gasteiger partial charge in [-0.15, -0.1) is 0 Å². The Morgan fingerprint density at radius 2 is 2.07 bits per heavy atom. The number of benzene rings is 1. The average molecular weight is 282 g/mol. The van der Waals surface area contributed by atoms with Crippen molar-refractivity contribution < 1.29 is 23.8 Å². The Labute approximate surface area is 91.4 Å². The largest absolute Gasteiger partial charge is 0.505 e. The van der Waals surface area contributed by atoms with Crippen LogP contribution < -0.4 is 5.73 Å². The molecule has 0 fully saturated rings. The van der Waals surface area contributed by atoms with Gasteiger partial charge >= 0.3 is 5.97 Å². The number of aliphatic carboxylic acids is 1. The minimum absolute atomic E-state index is 0.301. The lowest BCUT2D eigenvalue weighted by Gasteiger charge is -2.11. The standard InChI is InChI=1S/C8H6BrF2NO3/c9-2-1-3(10)7(13)4(5(2)11)6(12)8(14)15/h1,6,13H,12H2,(H,14,15)/t6-/m0/s1. The first-order valence-electron chi connectivity index (χ1n) is 3.71. The number of phenolic OH excluding ortho intramolecular Hbond substituents is 1. The highest BCUT2D eigenvalue weighted by molar-refractivity contribution is 9.10. The molecule has 0 aliphatic rings. The van der Waals surface area contributed by atoms with Crippen LogP contribution in [0.1, 0.15) is 11.6 Å². The summed E-state index contributed by atoms with van der Waals surface area (Å²) in [4.78, 5) is 10.5. The molecule has 82 valence electrons. The molecule has 4 N–H and O–H groups in total. The van der Waals surface area contributed by atoms with Gasteiger partial charge in [0.25, 0.3) is 0 Å². The smallest absolute Gasteiger partial charge is 0.325 e. The monoisotopic (exact) mass is 281 g/mol. The van der Waals surface area contributed by atoms with Crippen molar-refractivity contribution >= 4 is 21.9 Å². The van der Waals surface area contributed by atoms with Crippen LogP contribution in [0.5, 0.6) is 5.75 Å². The van der Waals surface area contributed by atoms with Crippen molar-refractivity contribution in [2.45, 2.75) is 6.04 Å². The highest BCUT2D eigenvalue weighted by Crippen LogP contribution is 2.33. The number of carbonyl (C=O) groups is 1. The lowest BCUT2D eigenvalue weighted by molar-refractivity contribution is -0.138. The Kier molecular flexibility index (Phi) is 3.25. The summed E-state index contributed by atoms with van der Waals surface area (Å²) >= 11 is 2.67. The van der Waals surface area contributed by atoms with Crippen molar-refractivity contribution in [1.82, 2.24) is 0 Å². The molecular weight excluding hydrogens is 276 g/mol. The van der Waals surface area contributed by atoms with E-state index < -0.39 is 35.0 Å². The Morgan fingerprint density at radius 3 is 2.53 bits per heavy atom. The molecule has 15 heavy (non-hydrogen) atoms. The van der Waals surface area contributed by atoms with E-state index in [-0.39, 0.29) is 4.47 Å². The first-order chi connectivity index (χ1) is 6.86. The molecule has 1 rings (SSSR count). The normalized spacial score (nSPS) is 12.5. The number of hydrogen-bond acceptors (Lipinski definition) is 3. The second-order valence-electron chi connectivity index (χ2n) is 2.73. The van der Waals surface area contributed by atoms with Crippen LogP contribution in [-0.2, 0) is 4.79 Å².